The molecule has 100 valence electrons. The minimum atomic E-state index is 0.187. The zero-order valence-electron chi connectivity index (χ0n) is 10.7. The molecule has 0 aliphatic heterocycles. The standard InChI is InChI=1S/C15H16Cl2N2/c1-10(15-6-5-13(17)9-19-15)14(8-18)11-3-2-4-12(16)7-11/h2-7,9-10,14H,8,18H2,1H3. The molecule has 0 bridgehead atoms. The van der Waals surface area contributed by atoms with Crippen LogP contribution in [0.3, 0.4) is 0 Å². The number of benzene rings is 1. The number of rotatable bonds is 4. The summed E-state index contributed by atoms with van der Waals surface area (Å²) in [6.45, 7) is 2.67. The summed E-state index contributed by atoms with van der Waals surface area (Å²) in [7, 11) is 0. The van der Waals surface area contributed by atoms with Crippen molar-refractivity contribution in [2.24, 2.45) is 5.73 Å². The van der Waals surface area contributed by atoms with Crippen molar-refractivity contribution in [3.8, 4) is 0 Å². The van der Waals surface area contributed by atoms with Crippen LogP contribution < -0.4 is 5.73 Å². The van der Waals surface area contributed by atoms with E-state index in [1.807, 2.05) is 30.3 Å². The predicted molar refractivity (Wildman–Crippen MR) is 80.9 cm³/mol. The van der Waals surface area contributed by atoms with Crippen molar-refractivity contribution in [3.63, 3.8) is 0 Å². The van der Waals surface area contributed by atoms with Crippen molar-refractivity contribution in [1.82, 2.24) is 4.98 Å². The van der Waals surface area contributed by atoms with E-state index in [1.165, 1.54) is 0 Å². The monoisotopic (exact) mass is 294 g/mol. The van der Waals surface area contributed by atoms with Crippen LogP contribution in [0.4, 0.5) is 0 Å². The molecular formula is C15H16Cl2N2. The van der Waals surface area contributed by atoms with Crippen molar-refractivity contribution in [3.05, 3.63) is 63.9 Å². The van der Waals surface area contributed by atoms with Gasteiger partial charge in [-0.05, 0) is 36.4 Å². The molecule has 2 nitrogen and oxygen atoms in total. The van der Waals surface area contributed by atoms with Crippen LogP contribution >= 0.6 is 23.2 Å². The highest BCUT2D eigenvalue weighted by Crippen LogP contribution is 2.32. The topological polar surface area (TPSA) is 38.9 Å². The molecule has 0 aliphatic rings. The van der Waals surface area contributed by atoms with Crippen molar-refractivity contribution < 1.29 is 0 Å². The third-order valence-electron chi connectivity index (χ3n) is 3.35. The molecule has 1 aromatic heterocycles. The van der Waals surface area contributed by atoms with E-state index in [-0.39, 0.29) is 11.8 Å². The first-order valence-electron chi connectivity index (χ1n) is 6.19. The minimum absolute atomic E-state index is 0.187. The molecule has 0 amide bonds. The van der Waals surface area contributed by atoms with E-state index in [0.717, 1.165) is 16.3 Å². The fourth-order valence-corrected chi connectivity index (χ4v) is 2.54. The largest absolute Gasteiger partial charge is 0.330 e. The Morgan fingerprint density at radius 2 is 1.95 bits per heavy atom. The van der Waals surface area contributed by atoms with Crippen LogP contribution in [0.15, 0.2) is 42.6 Å². The molecule has 0 saturated carbocycles. The van der Waals surface area contributed by atoms with Crippen molar-refractivity contribution in [1.29, 1.82) is 0 Å². The lowest BCUT2D eigenvalue weighted by atomic mass is 9.85. The van der Waals surface area contributed by atoms with Crippen molar-refractivity contribution >= 4 is 23.2 Å². The first kappa shape index (κ1) is 14.3. The molecule has 0 spiro atoms. The first-order valence-corrected chi connectivity index (χ1v) is 6.94. The normalized spacial score (nSPS) is 14.1. The molecule has 2 N–H and O–H groups in total. The van der Waals surface area contributed by atoms with Gasteiger partial charge in [0.2, 0.25) is 0 Å². The van der Waals surface area contributed by atoms with Crippen LogP contribution in [-0.2, 0) is 0 Å². The Morgan fingerprint density at radius 1 is 1.16 bits per heavy atom. The lowest BCUT2D eigenvalue weighted by Gasteiger charge is -2.22. The smallest absolute Gasteiger partial charge is 0.0589 e. The third kappa shape index (κ3) is 3.47. The Labute approximate surface area is 123 Å². The van der Waals surface area contributed by atoms with Gasteiger partial charge >= 0.3 is 0 Å². The Bertz CT molecular complexity index is 540. The van der Waals surface area contributed by atoms with Crippen LogP contribution in [0.25, 0.3) is 0 Å². The molecule has 1 aromatic carbocycles. The van der Waals surface area contributed by atoms with Gasteiger partial charge in [0.25, 0.3) is 0 Å². The second kappa shape index (κ2) is 6.38. The molecule has 1 heterocycles. The fraction of sp³-hybridized carbons (Fsp3) is 0.267. The summed E-state index contributed by atoms with van der Waals surface area (Å²) < 4.78 is 0. The molecule has 0 saturated heterocycles. The van der Waals surface area contributed by atoms with E-state index in [2.05, 4.69) is 18.0 Å². The summed E-state index contributed by atoms with van der Waals surface area (Å²) in [6.07, 6.45) is 1.67. The van der Waals surface area contributed by atoms with E-state index in [0.29, 0.717) is 11.6 Å². The molecule has 2 aromatic rings. The SMILES string of the molecule is CC(c1ccc(Cl)cn1)C(CN)c1cccc(Cl)c1. The Kier molecular flexibility index (Phi) is 4.81. The highest BCUT2D eigenvalue weighted by Gasteiger charge is 2.20. The van der Waals surface area contributed by atoms with Crippen molar-refractivity contribution in [2.45, 2.75) is 18.8 Å². The average molecular weight is 295 g/mol. The Morgan fingerprint density at radius 3 is 2.53 bits per heavy atom. The number of hydrogen-bond acceptors (Lipinski definition) is 2. The molecule has 0 aliphatic carbocycles. The lowest BCUT2D eigenvalue weighted by molar-refractivity contribution is 0.572. The number of nitrogens with two attached hydrogens (primary N) is 1. The number of hydrogen-bond donors (Lipinski definition) is 1. The molecule has 4 heteroatoms. The molecule has 19 heavy (non-hydrogen) atoms. The minimum Gasteiger partial charge on any atom is -0.330 e. The summed E-state index contributed by atoms with van der Waals surface area (Å²) in [5, 5.41) is 1.37. The molecule has 0 radical (unpaired) electrons. The average Bonchev–Trinajstić information content (AvgIpc) is 2.40. The van der Waals surface area contributed by atoms with E-state index in [4.69, 9.17) is 28.9 Å². The van der Waals surface area contributed by atoms with Gasteiger partial charge in [-0.15, -0.1) is 0 Å². The maximum absolute atomic E-state index is 6.04. The Hall–Kier alpha value is -1.09. The van der Waals surface area contributed by atoms with Gasteiger partial charge in [-0.2, -0.15) is 0 Å². The second-order valence-corrected chi connectivity index (χ2v) is 5.46. The van der Waals surface area contributed by atoms with Crippen LogP contribution in [-0.4, -0.2) is 11.5 Å². The lowest BCUT2D eigenvalue weighted by Crippen LogP contribution is -2.19. The number of aromatic nitrogens is 1. The summed E-state index contributed by atoms with van der Waals surface area (Å²) >= 11 is 11.9. The highest BCUT2D eigenvalue weighted by atomic mass is 35.5. The molecular weight excluding hydrogens is 279 g/mol. The van der Waals surface area contributed by atoms with Gasteiger partial charge in [0.05, 0.1) is 5.02 Å². The summed E-state index contributed by atoms with van der Waals surface area (Å²) in [6, 6.07) is 11.6. The third-order valence-corrected chi connectivity index (χ3v) is 3.81. The van der Waals surface area contributed by atoms with Gasteiger partial charge in [-0.1, -0.05) is 42.3 Å². The van der Waals surface area contributed by atoms with E-state index in [1.54, 1.807) is 6.20 Å². The Balaban J connectivity index is 2.28. The predicted octanol–water partition coefficient (Wildman–Crippen LogP) is 4.23. The molecule has 2 rings (SSSR count). The van der Waals surface area contributed by atoms with E-state index < -0.39 is 0 Å². The first-order chi connectivity index (χ1) is 9.11. The zero-order chi connectivity index (χ0) is 13.8. The van der Waals surface area contributed by atoms with E-state index >= 15 is 0 Å². The number of pyridine rings is 1. The van der Waals surface area contributed by atoms with Gasteiger partial charge in [-0.3, -0.25) is 4.98 Å². The number of nitrogens with zero attached hydrogens (tertiary/aromatic N) is 1. The van der Waals surface area contributed by atoms with Gasteiger partial charge in [0.15, 0.2) is 0 Å². The van der Waals surface area contributed by atoms with Crippen LogP contribution in [0.2, 0.25) is 10.0 Å². The quantitative estimate of drug-likeness (QED) is 0.916. The van der Waals surface area contributed by atoms with Crippen LogP contribution in [0, 0.1) is 0 Å². The molecule has 2 atom stereocenters. The summed E-state index contributed by atoms with van der Waals surface area (Å²) in [4.78, 5) is 4.37. The van der Waals surface area contributed by atoms with Gasteiger partial charge < -0.3 is 5.73 Å². The van der Waals surface area contributed by atoms with Crippen LogP contribution in [0.5, 0.6) is 0 Å². The van der Waals surface area contributed by atoms with Crippen molar-refractivity contribution in [2.75, 3.05) is 6.54 Å². The summed E-state index contributed by atoms with van der Waals surface area (Å²) in [5.74, 6) is 0.396. The molecule has 2 unspecified atom stereocenters. The summed E-state index contributed by atoms with van der Waals surface area (Å²) in [5.41, 5.74) is 8.05. The van der Waals surface area contributed by atoms with E-state index in [9.17, 15) is 0 Å². The number of halogens is 2. The highest BCUT2D eigenvalue weighted by molar-refractivity contribution is 6.30. The van der Waals surface area contributed by atoms with Crippen LogP contribution in [0.1, 0.15) is 30.0 Å². The molecule has 0 fully saturated rings. The maximum atomic E-state index is 6.04. The van der Waals surface area contributed by atoms with Gasteiger partial charge in [-0.25, -0.2) is 0 Å². The van der Waals surface area contributed by atoms with Gasteiger partial charge in [0.1, 0.15) is 0 Å². The van der Waals surface area contributed by atoms with Gasteiger partial charge in [0, 0.05) is 28.7 Å². The maximum Gasteiger partial charge on any atom is 0.0589 e. The zero-order valence-corrected chi connectivity index (χ0v) is 12.2. The second-order valence-electron chi connectivity index (χ2n) is 4.59. The fourth-order valence-electron chi connectivity index (χ4n) is 2.23.